The summed E-state index contributed by atoms with van der Waals surface area (Å²) in [6.07, 6.45) is 0.398. The number of hydrogen-bond donors (Lipinski definition) is 2. The Labute approximate surface area is 96.9 Å². The Bertz CT molecular complexity index is 498. The first kappa shape index (κ1) is 11.1. The van der Waals surface area contributed by atoms with Gasteiger partial charge in [-0.3, -0.25) is 0 Å². The third-order valence-corrected chi connectivity index (χ3v) is 2.43. The lowest BCUT2D eigenvalue weighted by atomic mass is 10.2. The number of rotatable bonds is 3. The summed E-state index contributed by atoms with van der Waals surface area (Å²) in [4.78, 5) is 7.03. The van der Waals surface area contributed by atoms with Crippen LogP contribution in [0.25, 0.3) is 11.3 Å². The van der Waals surface area contributed by atoms with E-state index in [2.05, 4.69) is 9.97 Å². The molecular weight excluding hydrogens is 231 g/mol. The van der Waals surface area contributed by atoms with E-state index in [1.54, 1.807) is 12.1 Å². The number of nitrogens with zero attached hydrogens (tertiary/aromatic N) is 1. The van der Waals surface area contributed by atoms with Gasteiger partial charge in [0.05, 0.1) is 6.61 Å². The Kier molecular flexibility index (Phi) is 3.22. The van der Waals surface area contributed by atoms with Gasteiger partial charge in [-0.1, -0.05) is 23.7 Å². The van der Waals surface area contributed by atoms with Crippen LogP contribution in [0.5, 0.6) is 0 Å². The van der Waals surface area contributed by atoms with E-state index in [-0.39, 0.29) is 12.4 Å². The summed E-state index contributed by atoms with van der Waals surface area (Å²) < 4.78 is 13.0. The maximum Gasteiger partial charge on any atom is 0.134 e. The summed E-state index contributed by atoms with van der Waals surface area (Å²) >= 11 is 5.95. The van der Waals surface area contributed by atoms with E-state index in [4.69, 9.17) is 16.7 Å². The molecule has 0 unspecified atom stereocenters. The molecule has 2 rings (SSSR count). The van der Waals surface area contributed by atoms with Crippen LogP contribution in [-0.4, -0.2) is 21.7 Å². The monoisotopic (exact) mass is 240 g/mol. The molecule has 16 heavy (non-hydrogen) atoms. The first-order valence-corrected chi connectivity index (χ1v) is 5.19. The van der Waals surface area contributed by atoms with Crippen molar-refractivity contribution in [2.24, 2.45) is 0 Å². The molecule has 0 aliphatic rings. The van der Waals surface area contributed by atoms with Crippen molar-refractivity contribution in [1.82, 2.24) is 9.97 Å². The lowest BCUT2D eigenvalue weighted by molar-refractivity contribution is 0.297. The molecule has 0 saturated carbocycles. The van der Waals surface area contributed by atoms with Gasteiger partial charge in [-0.2, -0.15) is 0 Å². The second-order valence-electron chi connectivity index (χ2n) is 3.33. The van der Waals surface area contributed by atoms with E-state index < -0.39 is 0 Å². The molecule has 0 saturated heterocycles. The highest BCUT2D eigenvalue weighted by Crippen LogP contribution is 2.25. The first-order chi connectivity index (χ1) is 7.70. The molecule has 0 amide bonds. The Morgan fingerprint density at radius 1 is 1.44 bits per heavy atom. The molecule has 2 N–H and O–H groups in total. The molecule has 0 fully saturated rings. The molecule has 84 valence electrons. The predicted molar refractivity (Wildman–Crippen MR) is 59.8 cm³/mol. The topological polar surface area (TPSA) is 48.9 Å². The van der Waals surface area contributed by atoms with Gasteiger partial charge in [0.15, 0.2) is 0 Å². The van der Waals surface area contributed by atoms with Gasteiger partial charge in [0, 0.05) is 12.0 Å². The number of halogens is 2. The Morgan fingerprint density at radius 2 is 2.25 bits per heavy atom. The summed E-state index contributed by atoms with van der Waals surface area (Å²) in [6, 6.07) is 6.05. The van der Waals surface area contributed by atoms with Crippen molar-refractivity contribution in [2.45, 2.75) is 6.42 Å². The maximum absolute atomic E-state index is 13.0. The van der Waals surface area contributed by atoms with Crippen molar-refractivity contribution in [2.75, 3.05) is 6.61 Å². The van der Waals surface area contributed by atoms with Crippen LogP contribution < -0.4 is 0 Å². The Morgan fingerprint density at radius 3 is 2.94 bits per heavy atom. The Hall–Kier alpha value is -1.39. The number of aromatic amines is 1. The number of hydrogen-bond acceptors (Lipinski definition) is 2. The van der Waals surface area contributed by atoms with Crippen LogP contribution in [0.4, 0.5) is 4.39 Å². The molecule has 0 radical (unpaired) electrons. The van der Waals surface area contributed by atoms with Crippen LogP contribution in [0.15, 0.2) is 24.3 Å². The van der Waals surface area contributed by atoms with Gasteiger partial charge in [0.1, 0.15) is 22.5 Å². The van der Waals surface area contributed by atoms with Crippen LogP contribution in [0.1, 0.15) is 5.82 Å². The standard InChI is InChI=1S/C11H10ClFN2O/c12-11-10(14-9(15-11)4-5-16)7-2-1-3-8(13)6-7/h1-3,6,16H,4-5H2,(H,14,15). The van der Waals surface area contributed by atoms with Gasteiger partial charge in [0.2, 0.25) is 0 Å². The lowest BCUT2D eigenvalue weighted by Crippen LogP contribution is -1.92. The molecule has 0 spiro atoms. The van der Waals surface area contributed by atoms with Crippen molar-refractivity contribution < 1.29 is 9.50 Å². The van der Waals surface area contributed by atoms with E-state index in [9.17, 15) is 4.39 Å². The average molecular weight is 241 g/mol. The van der Waals surface area contributed by atoms with Gasteiger partial charge < -0.3 is 10.1 Å². The van der Waals surface area contributed by atoms with E-state index >= 15 is 0 Å². The quantitative estimate of drug-likeness (QED) is 0.866. The Balaban J connectivity index is 2.40. The molecule has 1 heterocycles. The number of benzene rings is 1. The normalized spacial score (nSPS) is 10.7. The molecule has 3 nitrogen and oxygen atoms in total. The summed E-state index contributed by atoms with van der Waals surface area (Å²) in [5.41, 5.74) is 1.12. The first-order valence-electron chi connectivity index (χ1n) is 4.82. The van der Waals surface area contributed by atoms with Crippen molar-refractivity contribution in [3.05, 3.63) is 41.1 Å². The molecule has 2 aromatic rings. The van der Waals surface area contributed by atoms with Crippen LogP contribution >= 0.6 is 11.6 Å². The molecule has 0 bridgehead atoms. The zero-order valence-corrected chi connectivity index (χ0v) is 9.13. The second kappa shape index (κ2) is 4.63. The summed E-state index contributed by atoms with van der Waals surface area (Å²) in [5.74, 6) is 0.257. The third-order valence-electron chi connectivity index (χ3n) is 2.16. The minimum Gasteiger partial charge on any atom is -0.396 e. The minimum atomic E-state index is -0.333. The van der Waals surface area contributed by atoms with Crippen LogP contribution in [0.3, 0.4) is 0 Å². The highest BCUT2D eigenvalue weighted by atomic mass is 35.5. The fraction of sp³-hybridized carbons (Fsp3) is 0.182. The number of aromatic nitrogens is 2. The van der Waals surface area contributed by atoms with Crippen LogP contribution in [-0.2, 0) is 6.42 Å². The minimum absolute atomic E-state index is 0.00751. The lowest BCUT2D eigenvalue weighted by Gasteiger charge is -1.96. The third kappa shape index (κ3) is 2.23. The van der Waals surface area contributed by atoms with Gasteiger partial charge in [0.25, 0.3) is 0 Å². The fourth-order valence-electron chi connectivity index (χ4n) is 1.45. The van der Waals surface area contributed by atoms with E-state index in [1.165, 1.54) is 12.1 Å². The van der Waals surface area contributed by atoms with E-state index in [1.807, 2.05) is 0 Å². The molecular formula is C11H10ClFN2O. The molecule has 1 aromatic heterocycles. The molecule has 0 aliphatic carbocycles. The van der Waals surface area contributed by atoms with Gasteiger partial charge in [-0.25, -0.2) is 9.37 Å². The van der Waals surface area contributed by atoms with Crippen LogP contribution in [0, 0.1) is 5.82 Å². The zero-order chi connectivity index (χ0) is 11.5. The number of aliphatic hydroxyl groups excluding tert-OH is 1. The van der Waals surface area contributed by atoms with Gasteiger partial charge in [-0.15, -0.1) is 0 Å². The molecule has 5 heteroatoms. The number of nitrogens with one attached hydrogen (secondary N) is 1. The van der Waals surface area contributed by atoms with Crippen molar-refractivity contribution in [3.63, 3.8) is 0 Å². The highest BCUT2D eigenvalue weighted by molar-refractivity contribution is 6.31. The number of H-pyrrole nitrogens is 1. The van der Waals surface area contributed by atoms with Crippen molar-refractivity contribution in [3.8, 4) is 11.3 Å². The van der Waals surface area contributed by atoms with Gasteiger partial charge >= 0.3 is 0 Å². The number of aliphatic hydroxyl groups is 1. The SMILES string of the molecule is OCCc1nc(-c2cccc(F)c2)c(Cl)[nH]1. The summed E-state index contributed by atoms with van der Waals surface area (Å²) in [5, 5.41) is 9.13. The molecule has 0 aliphatic heterocycles. The summed E-state index contributed by atoms with van der Waals surface area (Å²) in [6.45, 7) is -0.00751. The number of imidazole rings is 1. The van der Waals surface area contributed by atoms with E-state index in [0.29, 0.717) is 28.7 Å². The summed E-state index contributed by atoms with van der Waals surface area (Å²) in [7, 11) is 0. The maximum atomic E-state index is 13.0. The van der Waals surface area contributed by atoms with E-state index in [0.717, 1.165) is 0 Å². The molecule has 1 aromatic carbocycles. The largest absolute Gasteiger partial charge is 0.396 e. The van der Waals surface area contributed by atoms with Gasteiger partial charge in [-0.05, 0) is 12.1 Å². The van der Waals surface area contributed by atoms with Crippen molar-refractivity contribution >= 4 is 11.6 Å². The fourth-order valence-corrected chi connectivity index (χ4v) is 1.71. The predicted octanol–water partition coefficient (Wildman–Crippen LogP) is 2.40. The second-order valence-corrected chi connectivity index (χ2v) is 3.71. The smallest absolute Gasteiger partial charge is 0.134 e. The molecule has 0 atom stereocenters. The average Bonchev–Trinajstić information content (AvgIpc) is 2.60. The zero-order valence-electron chi connectivity index (χ0n) is 8.37. The highest BCUT2D eigenvalue weighted by Gasteiger charge is 2.10. The van der Waals surface area contributed by atoms with Crippen molar-refractivity contribution in [1.29, 1.82) is 0 Å². The van der Waals surface area contributed by atoms with Crippen LogP contribution in [0.2, 0.25) is 5.15 Å².